The lowest BCUT2D eigenvalue weighted by Gasteiger charge is -2.35. The van der Waals surface area contributed by atoms with Crippen LogP contribution in [-0.4, -0.2) is 29.9 Å². The van der Waals surface area contributed by atoms with Crippen LogP contribution in [0.4, 0.5) is 0 Å². The molecule has 0 N–H and O–H groups in total. The summed E-state index contributed by atoms with van der Waals surface area (Å²) in [6.45, 7) is 4.85. The van der Waals surface area contributed by atoms with E-state index in [2.05, 4.69) is 35.2 Å². The fourth-order valence-electron chi connectivity index (χ4n) is 6.89. The summed E-state index contributed by atoms with van der Waals surface area (Å²) in [7, 11) is 0. The molecule has 0 amide bonds. The van der Waals surface area contributed by atoms with Crippen LogP contribution in [0, 0.1) is 34.5 Å². The smallest absolute Gasteiger partial charge is 0.185 e. The zero-order valence-electron chi connectivity index (χ0n) is 23.9. The van der Waals surface area contributed by atoms with E-state index in [-0.39, 0.29) is 35.2 Å². The van der Waals surface area contributed by atoms with E-state index >= 15 is 0 Å². The van der Waals surface area contributed by atoms with E-state index in [1.165, 1.54) is 0 Å². The third-order valence-corrected chi connectivity index (χ3v) is 8.62. The summed E-state index contributed by atoms with van der Waals surface area (Å²) in [6.07, 6.45) is 5.95. The monoisotopic (exact) mass is 555 g/mol. The van der Waals surface area contributed by atoms with Crippen LogP contribution in [0.3, 0.4) is 0 Å². The van der Waals surface area contributed by atoms with Gasteiger partial charge in [-0.15, -0.1) is 0 Å². The SMILES string of the molecule is CCOc1ccc([C@@H]2[C@H](C(=C(C#N)C#N)C3CC3)[C@@H]3c4ccccc4C=CN3[C@H]2C(=O)c2ccccc2)c(OCC)c1. The lowest BCUT2D eigenvalue weighted by Crippen LogP contribution is -2.37. The topological polar surface area (TPSA) is 86.4 Å². The molecule has 1 aliphatic carbocycles. The van der Waals surface area contributed by atoms with Crippen molar-refractivity contribution < 1.29 is 14.3 Å². The third-order valence-electron chi connectivity index (χ3n) is 8.62. The average molecular weight is 556 g/mol. The van der Waals surface area contributed by atoms with E-state index in [1.54, 1.807) is 0 Å². The number of carbonyl (C=O) groups excluding carboxylic acids is 1. The van der Waals surface area contributed by atoms with E-state index in [4.69, 9.17) is 9.47 Å². The number of nitriles is 2. The number of Topliss-reactive ketones (excluding diaryl/α,β-unsaturated/α-hetero) is 1. The molecule has 0 unspecified atom stereocenters. The summed E-state index contributed by atoms with van der Waals surface area (Å²) in [5.41, 5.74) is 4.71. The normalized spacial score (nSPS) is 21.9. The number of rotatable bonds is 9. The number of ketones is 1. The molecule has 3 aromatic rings. The molecule has 4 atom stereocenters. The van der Waals surface area contributed by atoms with Crippen molar-refractivity contribution in [2.75, 3.05) is 13.2 Å². The van der Waals surface area contributed by atoms with Crippen LogP contribution in [0.2, 0.25) is 0 Å². The second-order valence-electron chi connectivity index (χ2n) is 11.0. The van der Waals surface area contributed by atoms with E-state index in [0.29, 0.717) is 30.3 Å². The first-order valence-electron chi connectivity index (χ1n) is 14.7. The van der Waals surface area contributed by atoms with Crippen LogP contribution in [0.15, 0.2) is 90.1 Å². The summed E-state index contributed by atoms with van der Waals surface area (Å²) >= 11 is 0. The highest BCUT2D eigenvalue weighted by Gasteiger charge is 2.57. The molecule has 2 aliphatic heterocycles. The molecule has 1 saturated carbocycles. The van der Waals surface area contributed by atoms with Crippen molar-refractivity contribution in [2.24, 2.45) is 11.8 Å². The Morgan fingerprint density at radius 2 is 1.62 bits per heavy atom. The van der Waals surface area contributed by atoms with E-state index < -0.39 is 6.04 Å². The second kappa shape index (κ2) is 11.6. The molecule has 6 heteroatoms. The summed E-state index contributed by atoms with van der Waals surface area (Å²) < 4.78 is 12.1. The molecule has 0 spiro atoms. The maximum atomic E-state index is 14.6. The number of allylic oxidation sites excluding steroid dienone is 1. The van der Waals surface area contributed by atoms with Gasteiger partial charge in [-0.05, 0) is 61.4 Å². The average Bonchev–Trinajstić information content (AvgIpc) is 3.81. The van der Waals surface area contributed by atoms with Crippen molar-refractivity contribution in [1.82, 2.24) is 4.90 Å². The largest absolute Gasteiger partial charge is 0.494 e. The number of fused-ring (bicyclic) bond motifs is 3. The van der Waals surface area contributed by atoms with Gasteiger partial charge in [-0.25, -0.2) is 0 Å². The highest BCUT2D eigenvalue weighted by atomic mass is 16.5. The number of hydrogen-bond donors (Lipinski definition) is 0. The van der Waals surface area contributed by atoms with Crippen LogP contribution < -0.4 is 9.47 Å². The molecule has 1 saturated heterocycles. The first-order valence-corrected chi connectivity index (χ1v) is 14.7. The van der Waals surface area contributed by atoms with Crippen LogP contribution in [0.1, 0.15) is 65.7 Å². The Morgan fingerprint density at radius 1 is 0.905 bits per heavy atom. The summed E-state index contributed by atoms with van der Waals surface area (Å²) in [6, 6.07) is 27.1. The number of benzene rings is 3. The summed E-state index contributed by atoms with van der Waals surface area (Å²) in [5.74, 6) is 0.804. The number of carbonyl (C=O) groups is 1. The van der Waals surface area contributed by atoms with Gasteiger partial charge in [0.05, 0.1) is 19.3 Å². The van der Waals surface area contributed by atoms with Gasteiger partial charge in [0.1, 0.15) is 35.3 Å². The van der Waals surface area contributed by atoms with E-state index in [1.807, 2.05) is 80.7 Å². The number of hydrogen-bond acceptors (Lipinski definition) is 6. The van der Waals surface area contributed by atoms with Gasteiger partial charge in [0.15, 0.2) is 5.78 Å². The fraction of sp³-hybridized carbons (Fsp3) is 0.306. The van der Waals surface area contributed by atoms with Crippen molar-refractivity contribution in [2.45, 2.75) is 44.7 Å². The van der Waals surface area contributed by atoms with Gasteiger partial charge in [0, 0.05) is 35.2 Å². The molecule has 42 heavy (non-hydrogen) atoms. The van der Waals surface area contributed by atoms with Gasteiger partial charge in [-0.1, -0.05) is 60.7 Å². The Kier molecular flexibility index (Phi) is 7.55. The Balaban J connectivity index is 1.65. The van der Waals surface area contributed by atoms with Gasteiger partial charge < -0.3 is 14.4 Å². The third kappa shape index (κ3) is 4.74. The highest BCUT2D eigenvalue weighted by molar-refractivity contribution is 6.01. The Bertz CT molecular complexity index is 1630. The van der Waals surface area contributed by atoms with Crippen molar-refractivity contribution in [3.8, 4) is 23.6 Å². The molecule has 6 nitrogen and oxygen atoms in total. The van der Waals surface area contributed by atoms with Crippen LogP contribution in [0.5, 0.6) is 11.5 Å². The lowest BCUT2D eigenvalue weighted by molar-refractivity contribution is 0.0874. The van der Waals surface area contributed by atoms with Gasteiger partial charge in [0.25, 0.3) is 0 Å². The molecule has 2 heterocycles. The van der Waals surface area contributed by atoms with E-state index in [9.17, 15) is 15.3 Å². The summed E-state index contributed by atoms with van der Waals surface area (Å²) in [4.78, 5) is 16.8. The molecule has 210 valence electrons. The Labute approximate surface area is 247 Å². The van der Waals surface area contributed by atoms with Crippen molar-refractivity contribution in [1.29, 1.82) is 10.5 Å². The maximum absolute atomic E-state index is 14.6. The van der Waals surface area contributed by atoms with Gasteiger partial charge in [-0.2, -0.15) is 10.5 Å². The van der Waals surface area contributed by atoms with Crippen molar-refractivity contribution in [3.05, 3.63) is 112 Å². The Morgan fingerprint density at radius 3 is 2.31 bits per heavy atom. The quantitative estimate of drug-likeness (QED) is 0.205. The molecular formula is C36H33N3O3. The molecule has 2 fully saturated rings. The molecule has 6 rings (SSSR count). The lowest BCUT2D eigenvalue weighted by atomic mass is 9.71. The first kappa shape index (κ1) is 27.4. The molecule has 0 bridgehead atoms. The number of ether oxygens (including phenoxy) is 2. The zero-order chi connectivity index (χ0) is 29.2. The zero-order valence-corrected chi connectivity index (χ0v) is 23.9. The van der Waals surface area contributed by atoms with Crippen molar-refractivity contribution in [3.63, 3.8) is 0 Å². The van der Waals surface area contributed by atoms with Crippen LogP contribution in [0.25, 0.3) is 6.08 Å². The highest BCUT2D eigenvalue weighted by Crippen LogP contribution is 2.60. The van der Waals surface area contributed by atoms with Crippen LogP contribution >= 0.6 is 0 Å². The van der Waals surface area contributed by atoms with E-state index in [0.717, 1.165) is 35.1 Å². The molecule has 0 aromatic heterocycles. The Hall–Kier alpha value is -4.81. The van der Waals surface area contributed by atoms with Crippen molar-refractivity contribution >= 4 is 11.9 Å². The first-order chi connectivity index (χ1) is 20.6. The second-order valence-corrected chi connectivity index (χ2v) is 11.0. The van der Waals surface area contributed by atoms with Gasteiger partial charge in [-0.3, -0.25) is 4.79 Å². The maximum Gasteiger partial charge on any atom is 0.185 e. The molecular weight excluding hydrogens is 522 g/mol. The molecule has 0 radical (unpaired) electrons. The predicted molar refractivity (Wildman–Crippen MR) is 161 cm³/mol. The minimum Gasteiger partial charge on any atom is -0.494 e. The molecule has 3 aliphatic rings. The van der Waals surface area contributed by atoms with Gasteiger partial charge in [0.2, 0.25) is 0 Å². The van der Waals surface area contributed by atoms with Crippen LogP contribution in [-0.2, 0) is 0 Å². The standard InChI is InChI=1S/C36H33N3O3/c1-3-41-27-16-17-29(30(20-27)42-4-2)32-33(31(24-14-15-24)26(21-37)22-38)34-28-13-9-8-10-23(28)18-19-39(34)35(32)36(40)25-11-6-5-7-12-25/h5-13,16-20,24,32-35H,3-4,14-15H2,1-2H3/t32-,33+,34+,35-/m1/s1. The van der Waals surface area contributed by atoms with Gasteiger partial charge >= 0.3 is 0 Å². The predicted octanol–water partition coefficient (Wildman–Crippen LogP) is 7.23. The number of nitrogens with zero attached hydrogens (tertiary/aromatic N) is 3. The summed E-state index contributed by atoms with van der Waals surface area (Å²) in [5, 5.41) is 20.4. The fourth-order valence-corrected chi connectivity index (χ4v) is 6.89. The molecule has 3 aromatic carbocycles. The minimum absolute atomic E-state index is 0.000855. The minimum atomic E-state index is -0.587.